The number of carbonyl (C=O) groups excluding carboxylic acids is 4. The molecule has 1 aromatic heterocycles. The number of esters is 1. The Hall–Kier alpha value is -5.46. The summed E-state index contributed by atoms with van der Waals surface area (Å²) in [5, 5.41) is 18.8. The molecule has 294 valence electrons. The van der Waals surface area contributed by atoms with E-state index in [1.807, 2.05) is 43.3 Å². The Morgan fingerprint density at radius 2 is 1.65 bits per heavy atom. The molecule has 0 bridgehead atoms. The van der Waals surface area contributed by atoms with E-state index in [0.29, 0.717) is 34.5 Å². The lowest BCUT2D eigenvalue weighted by Gasteiger charge is -2.31. The summed E-state index contributed by atoms with van der Waals surface area (Å²) in [5.41, 5.74) is 2.14. The maximum Gasteiger partial charge on any atom is 0.328 e. The first-order valence-electron chi connectivity index (χ1n) is 19.1. The molecule has 5 rings (SSSR count). The molecular formula is C42H52N4O9. The first-order valence-corrected chi connectivity index (χ1v) is 19.1. The summed E-state index contributed by atoms with van der Waals surface area (Å²) in [6.45, 7) is 5.36. The Kier molecular flexibility index (Phi) is 13.9. The number of ether oxygens (including phenoxy) is 3. The van der Waals surface area contributed by atoms with Gasteiger partial charge in [-0.3, -0.25) is 14.4 Å². The number of carboxylic acid groups (broad SMARTS) is 1. The molecule has 1 heterocycles. The van der Waals surface area contributed by atoms with Crippen LogP contribution in [0, 0.1) is 17.8 Å². The maximum atomic E-state index is 14.2. The Morgan fingerprint density at radius 1 is 0.927 bits per heavy atom. The molecule has 5 atom stereocenters. The van der Waals surface area contributed by atoms with Gasteiger partial charge in [0.25, 0.3) is 0 Å². The summed E-state index contributed by atoms with van der Waals surface area (Å²) in [5.74, 6) is -4.10. The minimum atomic E-state index is -1.18. The molecule has 0 radical (unpaired) electrons. The molecule has 2 aliphatic carbocycles. The molecule has 0 aliphatic heterocycles. The van der Waals surface area contributed by atoms with E-state index in [1.54, 1.807) is 45.2 Å². The molecule has 3 aromatic rings. The first-order chi connectivity index (χ1) is 26.4. The van der Waals surface area contributed by atoms with E-state index < -0.39 is 65.7 Å². The zero-order valence-electron chi connectivity index (χ0n) is 32.1. The van der Waals surface area contributed by atoms with Gasteiger partial charge in [-0.15, -0.1) is 0 Å². The predicted molar refractivity (Wildman–Crippen MR) is 206 cm³/mol. The van der Waals surface area contributed by atoms with Crippen LogP contribution < -0.4 is 25.4 Å². The van der Waals surface area contributed by atoms with Crippen molar-refractivity contribution in [2.24, 2.45) is 17.8 Å². The average Bonchev–Trinajstić information content (AvgIpc) is 3.62. The van der Waals surface area contributed by atoms with Gasteiger partial charge in [0.1, 0.15) is 35.7 Å². The van der Waals surface area contributed by atoms with E-state index in [-0.39, 0.29) is 24.3 Å². The number of aromatic nitrogens is 1. The lowest BCUT2D eigenvalue weighted by Crippen LogP contribution is -2.56. The molecule has 2 unspecified atom stereocenters. The highest BCUT2D eigenvalue weighted by molar-refractivity contribution is 6.03. The van der Waals surface area contributed by atoms with Gasteiger partial charge in [-0.25, -0.2) is 14.6 Å². The van der Waals surface area contributed by atoms with Gasteiger partial charge in [0.2, 0.25) is 17.7 Å². The van der Waals surface area contributed by atoms with Gasteiger partial charge in [0.05, 0.1) is 31.3 Å². The van der Waals surface area contributed by atoms with Crippen LogP contribution in [-0.2, 0) is 28.7 Å². The summed E-state index contributed by atoms with van der Waals surface area (Å²) < 4.78 is 17.1. The van der Waals surface area contributed by atoms with Gasteiger partial charge < -0.3 is 35.3 Å². The van der Waals surface area contributed by atoms with Gasteiger partial charge in [-0.05, 0) is 49.3 Å². The number of methoxy groups -OCH3 is 2. The Bertz CT molecular complexity index is 1890. The van der Waals surface area contributed by atoms with E-state index in [0.717, 1.165) is 37.7 Å². The standard InChI is InChI=1S/C42H52N4O9/c1-6-13-32(41(50)51)44-38(47)30-20-28(55-35-23-33(25-14-9-7-10-15-25)43-34-22-27(53-4)18-19-29(34)35)21-31(30)39(48)45-36(24(2)3)40(49)46-37(42(52)54-5)26-16-11-8-12-17-26/h7,9-10,14-15,18-19,21-24,26,28,30,32,36-37H,6,8,11-13,16-17,20H2,1-5H3,(H,44,47)(H,45,48)(H,46,49)(H,50,51)/t28?,30?,32-,36-,37-/m0/s1. The van der Waals surface area contributed by atoms with Gasteiger partial charge in [-0.2, -0.15) is 0 Å². The van der Waals surface area contributed by atoms with E-state index in [4.69, 9.17) is 19.2 Å². The summed E-state index contributed by atoms with van der Waals surface area (Å²) in [6, 6.07) is 13.7. The third kappa shape index (κ3) is 10.00. The minimum Gasteiger partial charge on any atom is -0.497 e. The Morgan fingerprint density at radius 3 is 2.29 bits per heavy atom. The van der Waals surface area contributed by atoms with Crippen LogP contribution in [0.2, 0.25) is 0 Å². The van der Waals surface area contributed by atoms with E-state index in [9.17, 15) is 29.1 Å². The second-order valence-corrected chi connectivity index (χ2v) is 14.6. The number of aliphatic carboxylic acids is 1. The molecule has 1 saturated carbocycles. The van der Waals surface area contributed by atoms with E-state index >= 15 is 0 Å². The second-order valence-electron chi connectivity index (χ2n) is 14.6. The number of hydrogen-bond acceptors (Lipinski definition) is 9. The quantitative estimate of drug-likeness (QED) is 0.139. The van der Waals surface area contributed by atoms with Crippen LogP contribution in [0.4, 0.5) is 0 Å². The highest BCUT2D eigenvalue weighted by atomic mass is 16.5. The predicted octanol–water partition coefficient (Wildman–Crippen LogP) is 5.35. The monoisotopic (exact) mass is 756 g/mol. The lowest BCUT2D eigenvalue weighted by atomic mass is 9.83. The van der Waals surface area contributed by atoms with Crippen molar-refractivity contribution in [3.05, 3.63) is 66.2 Å². The van der Waals surface area contributed by atoms with Gasteiger partial charge in [0.15, 0.2) is 0 Å². The van der Waals surface area contributed by atoms with Gasteiger partial charge in [0, 0.05) is 35.1 Å². The third-order valence-electron chi connectivity index (χ3n) is 10.4. The van der Waals surface area contributed by atoms with Crippen molar-refractivity contribution in [2.75, 3.05) is 14.2 Å². The largest absolute Gasteiger partial charge is 0.497 e. The first kappa shape index (κ1) is 40.7. The zero-order valence-corrected chi connectivity index (χ0v) is 32.1. The fourth-order valence-corrected chi connectivity index (χ4v) is 7.41. The number of hydrogen-bond donors (Lipinski definition) is 4. The van der Waals surface area contributed by atoms with Crippen LogP contribution >= 0.6 is 0 Å². The molecule has 0 spiro atoms. The number of fused-ring (bicyclic) bond motifs is 1. The molecular weight excluding hydrogens is 704 g/mol. The summed E-state index contributed by atoms with van der Waals surface area (Å²) in [6.07, 6.45) is 5.99. The number of carboxylic acids is 1. The second kappa shape index (κ2) is 18.7. The maximum absolute atomic E-state index is 14.2. The highest BCUT2D eigenvalue weighted by Gasteiger charge is 2.40. The van der Waals surface area contributed by atoms with Crippen LogP contribution in [0.15, 0.2) is 66.2 Å². The zero-order chi connectivity index (χ0) is 39.6. The molecule has 3 amide bonds. The fraction of sp³-hybridized carbons (Fsp3) is 0.476. The van der Waals surface area contributed by atoms with Crippen molar-refractivity contribution in [1.82, 2.24) is 20.9 Å². The smallest absolute Gasteiger partial charge is 0.328 e. The molecule has 13 nitrogen and oxygen atoms in total. The SMILES string of the molecule is CCC[C@H](NC(=O)C1CC(Oc2cc(-c3ccccc3)nc3cc(OC)ccc23)C=C1C(=O)N[C@H](C(=O)N[C@H](C(=O)OC)C1CCCCC1)C(C)C)C(=O)O. The van der Waals surface area contributed by atoms with E-state index in [1.165, 1.54) is 7.11 Å². The van der Waals surface area contributed by atoms with Gasteiger partial charge >= 0.3 is 11.9 Å². The number of pyridine rings is 1. The highest BCUT2D eigenvalue weighted by Crippen LogP contribution is 2.36. The fourth-order valence-electron chi connectivity index (χ4n) is 7.41. The molecule has 1 fully saturated rings. The van der Waals surface area contributed by atoms with Crippen LogP contribution in [0.3, 0.4) is 0 Å². The van der Waals surface area contributed by atoms with Crippen molar-refractivity contribution < 1.29 is 43.3 Å². The summed E-state index contributed by atoms with van der Waals surface area (Å²) in [4.78, 5) is 71.5. The van der Waals surface area contributed by atoms with Crippen molar-refractivity contribution in [2.45, 2.75) is 96.4 Å². The van der Waals surface area contributed by atoms with Crippen LogP contribution in [0.25, 0.3) is 22.2 Å². The van der Waals surface area contributed by atoms with Crippen molar-refractivity contribution in [1.29, 1.82) is 0 Å². The van der Waals surface area contributed by atoms with Crippen molar-refractivity contribution >= 4 is 40.6 Å². The van der Waals surface area contributed by atoms with Crippen LogP contribution in [-0.4, -0.2) is 78.2 Å². The molecule has 55 heavy (non-hydrogen) atoms. The molecule has 0 saturated heterocycles. The van der Waals surface area contributed by atoms with Crippen molar-refractivity contribution in [3.63, 3.8) is 0 Å². The number of benzene rings is 2. The Labute approximate surface area is 321 Å². The molecule has 13 heteroatoms. The number of amides is 3. The minimum absolute atomic E-state index is 0.0261. The average molecular weight is 757 g/mol. The van der Waals surface area contributed by atoms with Gasteiger partial charge in [-0.1, -0.05) is 76.8 Å². The lowest BCUT2D eigenvalue weighted by molar-refractivity contribution is -0.147. The van der Waals surface area contributed by atoms with E-state index in [2.05, 4.69) is 16.0 Å². The number of nitrogens with one attached hydrogen (secondary N) is 3. The number of carbonyl (C=O) groups is 5. The molecule has 2 aliphatic rings. The number of nitrogens with zero attached hydrogens (tertiary/aromatic N) is 1. The molecule has 2 aromatic carbocycles. The van der Waals surface area contributed by atoms with Crippen LogP contribution in [0.5, 0.6) is 11.5 Å². The van der Waals surface area contributed by atoms with Crippen LogP contribution in [0.1, 0.15) is 72.1 Å². The molecule has 4 N–H and O–H groups in total. The summed E-state index contributed by atoms with van der Waals surface area (Å²) in [7, 11) is 2.85. The Balaban J connectivity index is 1.46. The third-order valence-corrected chi connectivity index (χ3v) is 10.4. The van der Waals surface area contributed by atoms with Crippen molar-refractivity contribution in [3.8, 4) is 22.8 Å². The summed E-state index contributed by atoms with van der Waals surface area (Å²) >= 11 is 0. The topological polar surface area (TPSA) is 182 Å². The number of rotatable bonds is 16. The normalized spacial score (nSPS) is 18.8.